The van der Waals surface area contributed by atoms with E-state index in [0.717, 1.165) is 6.42 Å². The Morgan fingerprint density at radius 2 is 1.77 bits per heavy atom. The van der Waals surface area contributed by atoms with Crippen molar-refractivity contribution in [1.29, 1.82) is 0 Å². The molecule has 0 heterocycles. The van der Waals surface area contributed by atoms with Gasteiger partial charge in [-0.1, -0.05) is 48.6 Å². The van der Waals surface area contributed by atoms with E-state index in [1.807, 2.05) is 0 Å². The lowest BCUT2D eigenvalue weighted by Gasteiger charge is -1.96. The van der Waals surface area contributed by atoms with Crippen molar-refractivity contribution in [2.24, 2.45) is 0 Å². The van der Waals surface area contributed by atoms with Crippen molar-refractivity contribution in [1.82, 2.24) is 0 Å². The van der Waals surface area contributed by atoms with Crippen LogP contribution in [0.3, 0.4) is 0 Å². The molecule has 0 fully saturated rings. The predicted molar refractivity (Wildman–Crippen MR) is 56.7 cm³/mol. The minimum Gasteiger partial charge on any atom is -0.0728 e. The molecule has 0 amide bonds. The van der Waals surface area contributed by atoms with Crippen LogP contribution in [0.1, 0.15) is 6.42 Å². The monoisotopic (exact) mass is 166 g/mol. The number of fused-ring (bicyclic) bond motifs is 3. The van der Waals surface area contributed by atoms with Gasteiger partial charge in [-0.05, 0) is 27.6 Å². The van der Waals surface area contributed by atoms with Crippen LogP contribution in [0.2, 0.25) is 0 Å². The van der Waals surface area contributed by atoms with Crippen molar-refractivity contribution >= 4 is 22.9 Å². The highest BCUT2D eigenvalue weighted by Gasteiger charge is 1.97. The summed E-state index contributed by atoms with van der Waals surface area (Å²) in [7, 11) is 0. The van der Waals surface area contributed by atoms with Crippen LogP contribution in [0, 0.1) is 0 Å². The molecule has 62 valence electrons. The van der Waals surface area contributed by atoms with Crippen LogP contribution in [0.5, 0.6) is 0 Å². The Balaban J connectivity index is 2.67. The Hall–Kier alpha value is -1.56. The van der Waals surface area contributed by atoms with E-state index in [4.69, 9.17) is 0 Å². The van der Waals surface area contributed by atoms with Gasteiger partial charge >= 0.3 is 0 Å². The first-order valence-corrected chi connectivity index (χ1v) is 4.63. The van der Waals surface area contributed by atoms with Gasteiger partial charge in [-0.25, -0.2) is 0 Å². The molecule has 0 nitrogen and oxygen atoms in total. The first-order valence-electron chi connectivity index (χ1n) is 4.63. The molecule has 0 unspecified atom stereocenters. The van der Waals surface area contributed by atoms with Crippen LogP contribution >= 0.6 is 0 Å². The van der Waals surface area contributed by atoms with E-state index in [9.17, 15) is 0 Å². The van der Waals surface area contributed by atoms with Crippen molar-refractivity contribution in [3.05, 3.63) is 46.8 Å². The molecule has 1 aliphatic rings. The van der Waals surface area contributed by atoms with Crippen molar-refractivity contribution in [2.75, 3.05) is 0 Å². The van der Waals surface area contributed by atoms with Gasteiger partial charge in [-0.2, -0.15) is 0 Å². The summed E-state index contributed by atoms with van der Waals surface area (Å²) in [5.41, 5.74) is 0. The Bertz CT molecular complexity index is 577. The molecular weight excluding hydrogens is 156 g/mol. The Kier molecular flexibility index (Phi) is 1.31. The highest BCUT2D eigenvalue weighted by molar-refractivity contribution is 5.84. The number of hydrogen-bond donors (Lipinski definition) is 0. The minimum atomic E-state index is 1.09. The van der Waals surface area contributed by atoms with Gasteiger partial charge in [0.25, 0.3) is 0 Å². The molecule has 2 aromatic rings. The molecule has 0 saturated carbocycles. The van der Waals surface area contributed by atoms with Crippen LogP contribution < -0.4 is 10.4 Å². The highest BCUT2D eigenvalue weighted by atomic mass is 14.0. The Morgan fingerprint density at radius 3 is 2.77 bits per heavy atom. The zero-order valence-corrected chi connectivity index (χ0v) is 7.33. The number of benzene rings is 2. The van der Waals surface area contributed by atoms with Crippen molar-refractivity contribution < 1.29 is 0 Å². The summed E-state index contributed by atoms with van der Waals surface area (Å²) >= 11 is 0. The molecule has 0 bridgehead atoms. The molecule has 13 heavy (non-hydrogen) atoms. The SMILES string of the molecule is C1=c2ccc3ccccc3c2=CC1. The number of rotatable bonds is 0. The van der Waals surface area contributed by atoms with Gasteiger partial charge in [0, 0.05) is 0 Å². The van der Waals surface area contributed by atoms with Gasteiger partial charge in [0.15, 0.2) is 0 Å². The third-order valence-corrected chi connectivity index (χ3v) is 2.66. The van der Waals surface area contributed by atoms with Gasteiger partial charge < -0.3 is 0 Å². The summed E-state index contributed by atoms with van der Waals surface area (Å²) in [6, 6.07) is 13.0. The van der Waals surface area contributed by atoms with Crippen molar-refractivity contribution in [3.63, 3.8) is 0 Å². The van der Waals surface area contributed by atoms with E-state index >= 15 is 0 Å². The summed E-state index contributed by atoms with van der Waals surface area (Å²) in [5.74, 6) is 0. The Labute approximate surface area is 76.8 Å². The molecule has 2 aromatic carbocycles. The summed E-state index contributed by atoms with van der Waals surface area (Å²) in [4.78, 5) is 0. The van der Waals surface area contributed by atoms with Crippen LogP contribution in [0.15, 0.2) is 36.4 Å². The predicted octanol–water partition coefficient (Wildman–Crippen LogP) is 1.80. The summed E-state index contributed by atoms with van der Waals surface area (Å²) in [6.45, 7) is 0. The molecule has 1 aliphatic carbocycles. The quantitative estimate of drug-likeness (QED) is 0.560. The van der Waals surface area contributed by atoms with Gasteiger partial charge in [-0.15, -0.1) is 0 Å². The molecule has 0 aromatic heterocycles. The maximum Gasteiger partial charge on any atom is -0.0109 e. The molecular formula is C13H10. The maximum atomic E-state index is 2.30. The summed E-state index contributed by atoms with van der Waals surface area (Å²) in [6.07, 6.45) is 5.67. The molecule has 0 heteroatoms. The second kappa shape index (κ2) is 2.46. The van der Waals surface area contributed by atoms with Crippen molar-refractivity contribution in [2.45, 2.75) is 6.42 Å². The third kappa shape index (κ3) is 0.919. The largest absolute Gasteiger partial charge is 0.0728 e. The molecule has 0 N–H and O–H groups in total. The second-order valence-corrected chi connectivity index (χ2v) is 3.43. The average Bonchev–Trinajstić information content (AvgIpc) is 2.65. The fraction of sp³-hybridized carbons (Fsp3) is 0.0769. The van der Waals surface area contributed by atoms with Crippen molar-refractivity contribution in [3.8, 4) is 0 Å². The fourth-order valence-electron chi connectivity index (χ4n) is 2.02. The topological polar surface area (TPSA) is 0 Å². The van der Waals surface area contributed by atoms with E-state index in [1.54, 1.807) is 0 Å². The molecule has 0 aliphatic heterocycles. The van der Waals surface area contributed by atoms with Crippen LogP contribution in [0.25, 0.3) is 22.9 Å². The maximum absolute atomic E-state index is 2.30. The van der Waals surface area contributed by atoms with Crippen LogP contribution in [-0.4, -0.2) is 0 Å². The van der Waals surface area contributed by atoms with Gasteiger partial charge in [0.2, 0.25) is 0 Å². The fourth-order valence-corrected chi connectivity index (χ4v) is 2.02. The zero-order chi connectivity index (χ0) is 8.67. The van der Waals surface area contributed by atoms with E-state index in [2.05, 4.69) is 48.6 Å². The lowest BCUT2D eigenvalue weighted by molar-refractivity contribution is 1.61. The molecule has 0 saturated heterocycles. The van der Waals surface area contributed by atoms with Gasteiger partial charge in [0.05, 0.1) is 0 Å². The minimum absolute atomic E-state index is 1.09. The Morgan fingerprint density at radius 1 is 0.846 bits per heavy atom. The first-order chi connectivity index (χ1) is 6.45. The van der Waals surface area contributed by atoms with Gasteiger partial charge in [-0.3, -0.25) is 0 Å². The second-order valence-electron chi connectivity index (χ2n) is 3.43. The molecule has 0 atom stereocenters. The smallest absolute Gasteiger partial charge is 0.0109 e. The summed E-state index contributed by atoms with van der Waals surface area (Å²) < 4.78 is 0. The zero-order valence-electron chi connectivity index (χ0n) is 7.33. The first kappa shape index (κ1) is 6.90. The standard InChI is InChI=1S/C13H10/c1-2-6-12-10(4-1)8-9-11-5-3-7-13(11)12/h1-2,4-9H,3H2. The van der Waals surface area contributed by atoms with Gasteiger partial charge in [0.1, 0.15) is 0 Å². The molecule has 0 spiro atoms. The highest BCUT2D eigenvalue weighted by Crippen LogP contribution is 2.07. The number of hydrogen-bond acceptors (Lipinski definition) is 0. The van der Waals surface area contributed by atoms with E-state index < -0.39 is 0 Å². The summed E-state index contributed by atoms with van der Waals surface area (Å²) in [5, 5.41) is 5.53. The van der Waals surface area contributed by atoms with E-state index in [1.165, 1.54) is 21.2 Å². The molecule has 3 rings (SSSR count). The normalized spacial score (nSPS) is 13.5. The van der Waals surface area contributed by atoms with E-state index in [0.29, 0.717) is 0 Å². The lowest BCUT2D eigenvalue weighted by Crippen LogP contribution is -2.21. The molecule has 0 radical (unpaired) electrons. The van der Waals surface area contributed by atoms with Crippen LogP contribution in [0.4, 0.5) is 0 Å². The van der Waals surface area contributed by atoms with E-state index in [-0.39, 0.29) is 0 Å². The van der Waals surface area contributed by atoms with Crippen LogP contribution in [-0.2, 0) is 0 Å². The average molecular weight is 166 g/mol. The third-order valence-electron chi connectivity index (χ3n) is 2.66. The lowest BCUT2D eigenvalue weighted by atomic mass is 10.1.